The summed E-state index contributed by atoms with van der Waals surface area (Å²) in [5.41, 5.74) is 0.485. The molecular formula is C14H16ClNO5. The number of anilines is 1. The van der Waals surface area contributed by atoms with Crippen LogP contribution in [0.25, 0.3) is 0 Å². The van der Waals surface area contributed by atoms with E-state index in [0.29, 0.717) is 17.9 Å². The fourth-order valence-electron chi connectivity index (χ4n) is 1.68. The van der Waals surface area contributed by atoms with Gasteiger partial charge in [0.2, 0.25) is 5.91 Å². The Labute approximate surface area is 127 Å². The van der Waals surface area contributed by atoms with Gasteiger partial charge < -0.3 is 15.2 Å². The van der Waals surface area contributed by atoms with E-state index in [2.05, 4.69) is 10.1 Å². The number of carboxylic acids is 1. The minimum atomic E-state index is -0.891. The molecule has 0 spiro atoms. The molecule has 0 aromatic heterocycles. The van der Waals surface area contributed by atoms with Gasteiger partial charge in [0.05, 0.1) is 18.4 Å². The van der Waals surface area contributed by atoms with Crippen LogP contribution in [-0.4, -0.2) is 30.1 Å². The van der Waals surface area contributed by atoms with Gasteiger partial charge in [-0.3, -0.25) is 9.59 Å². The molecule has 0 aliphatic heterocycles. The SMILES string of the molecule is COC(=O)c1ccc(Cl)cc1NC(=O)CCCCC(=O)O. The first kappa shape index (κ1) is 17.0. The van der Waals surface area contributed by atoms with Crippen LogP contribution in [0.5, 0.6) is 0 Å². The van der Waals surface area contributed by atoms with Crippen molar-refractivity contribution in [3.63, 3.8) is 0 Å². The molecule has 7 heteroatoms. The van der Waals surface area contributed by atoms with Crippen LogP contribution in [0.4, 0.5) is 5.69 Å². The number of amides is 1. The number of methoxy groups -OCH3 is 1. The van der Waals surface area contributed by atoms with Crippen LogP contribution < -0.4 is 5.32 Å². The first-order chi connectivity index (χ1) is 9.93. The lowest BCUT2D eigenvalue weighted by Gasteiger charge is -2.10. The maximum atomic E-state index is 11.8. The predicted octanol–water partition coefficient (Wildman–Crippen LogP) is 2.71. The Morgan fingerprint density at radius 2 is 1.90 bits per heavy atom. The Kier molecular flexibility index (Phi) is 6.68. The van der Waals surface area contributed by atoms with E-state index < -0.39 is 11.9 Å². The Morgan fingerprint density at radius 3 is 2.52 bits per heavy atom. The van der Waals surface area contributed by atoms with E-state index in [1.54, 1.807) is 0 Å². The van der Waals surface area contributed by atoms with Crippen LogP contribution in [0, 0.1) is 0 Å². The number of carboxylic acid groups (broad SMARTS) is 1. The minimum Gasteiger partial charge on any atom is -0.481 e. The number of esters is 1. The first-order valence-electron chi connectivity index (χ1n) is 6.33. The van der Waals surface area contributed by atoms with Gasteiger partial charge in [-0.2, -0.15) is 0 Å². The van der Waals surface area contributed by atoms with E-state index in [-0.39, 0.29) is 30.0 Å². The third kappa shape index (κ3) is 5.83. The summed E-state index contributed by atoms with van der Waals surface area (Å²) in [7, 11) is 1.24. The van der Waals surface area contributed by atoms with Crippen LogP contribution in [0.3, 0.4) is 0 Å². The van der Waals surface area contributed by atoms with Crippen LogP contribution in [0.15, 0.2) is 18.2 Å². The molecule has 0 radical (unpaired) electrons. The highest BCUT2D eigenvalue weighted by Crippen LogP contribution is 2.22. The number of hydrogen-bond acceptors (Lipinski definition) is 4. The molecule has 21 heavy (non-hydrogen) atoms. The van der Waals surface area contributed by atoms with E-state index >= 15 is 0 Å². The number of benzene rings is 1. The van der Waals surface area contributed by atoms with Gasteiger partial charge in [0.15, 0.2) is 0 Å². The van der Waals surface area contributed by atoms with Crippen molar-refractivity contribution in [1.29, 1.82) is 0 Å². The summed E-state index contributed by atoms with van der Waals surface area (Å²) in [5.74, 6) is -1.78. The Balaban J connectivity index is 2.64. The van der Waals surface area contributed by atoms with Gasteiger partial charge in [-0.25, -0.2) is 4.79 Å². The number of carbonyl (C=O) groups excluding carboxylic acids is 2. The Bertz CT molecular complexity index is 544. The highest BCUT2D eigenvalue weighted by atomic mass is 35.5. The van der Waals surface area contributed by atoms with Gasteiger partial charge in [-0.1, -0.05) is 11.6 Å². The van der Waals surface area contributed by atoms with Crippen LogP contribution >= 0.6 is 11.6 Å². The van der Waals surface area contributed by atoms with Crippen molar-refractivity contribution >= 4 is 35.1 Å². The fraction of sp³-hybridized carbons (Fsp3) is 0.357. The topological polar surface area (TPSA) is 92.7 Å². The number of ether oxygens (including phenoxy) is 1. The molecule has 114 valence electrons. The molecule has 0 unspecified atom stereocenters. The lowest BCUT2D eigenvalue weighted by atomic mass is 10.1. The third-order valence-electron chi connectivity index (χ3n) is 2.71. The number of rotatable bonds is 7. The minimum absolute atomic E-state index is 0.0257. The lowest BCUT2D eigenvalue weighted by molar-refractivity contribution is -0.137. The number of halogens is 1. The number of aliphatic carboxylic acids is 1. The van der Waals surface area contributed by atoms with Crippen molar-refractivity contribution < 1.29 is 24.2 Å². The molecule has 1 rings (SSSR count). The first-order valence-corrected chi connectivity index (χ1v) is 6.71. The third-order valence-corrected chi connectivity index (χ3v) is 2.94. The van der Waals surface area contributed by atoms with Gasteiger partial charge in [0.25, 0.3) is 0 Å². The predicted molar refractivity (Wildman–Crippen MR) is 77.5 cm³/mol. The summed E-state index contributed by atoms with van der Waals surface area (Å²) in [6.07, 6.45) is 1.06. The van der Waals surface area contributed by atoms with E-state index in [1.807, 2.05) is 0 Å². The molecule has 1 aromatic rings. The summed E-state index contributed by atoms with van der Waals surface area (Å²) in [6.45, 7) is 0. The van der Waals surface area contributed by atoms with E-state index in [1.165, 1.54) is 25.3 Å². The molecule has 0 saturated heterocycles. The van der Waals surface area contributed by atoms with E-state index in [9.17, 15) is 14.4 Å². The van der Waals surface area contributed by atoms with Gasteiger partial charge in [-0.15, -0.1) is 0 Å². The smallest absolute Gasteiger partial charge is 0.339 e. The second kappa shape index (κ2) is 8.26. The molecule has 1 amide bonds. The van der Waals surface area contributed by atoms with Crippen molar-refractivity contribution in [3.05, 3.63) is 28.8 Å². The molecule has 0 fully saturated rings. The molecule has 0 bridgehead atoms. The monoisotopic (exact) mass is 313 g/mol. The summed E-state index contributed by atoms with van der Waals surface area (Å²) in [5, 5.41) is 11.5. The van der Waals surface area contributed by atoms with Crippen LogP contribution in [0.1, 0.15) is 36.0 Å². The quantitative estimate of drug-likeness (QED) is 0.596. The van der Waals surface area contributed by atoms with Crippen LogP contribution in [0.2, 0.25) is 5.02 Å². The zero-order valence-corrected chi connectivity index (χ0v) is 12.3. The summed E-state index contributed by atoms with van der Waals surface area (Å²) < 4.78 is 4.62. The van der Waals surface area contributed by atoms with Gasteiger partial charge in [0, 0.05) is 17.9 Å². The molecular weight excluding hydrogens is 298 g/mol. The highest BCUT2D eigenvalue weighted by molar-refractivity contribution is 6.31. The van der Waals surface area contributed by atoms with Crippen molar-refractivity contribution in [1.82, 2.24) is 0 Å². The Morgan fingerprint density at radius 1 is 1.24 bits per heavy atom. The van der Waals surface area contributed by atoms with Crippen molar-refractivity contribution in [2.75, 3.05) is 12.4 Å². The zero-order valence-electron chi connectivity index (χ0n) is 11.5. The maximum Gasteiger partial charge on any atom is 0.339 e. The number of unbranched alkanes of at least 4 members (excludes halogenated alkanes) is 1. The molecule has 0 aliphatic carbocycles. The average molecular weight is 314 g/mol. The van der Waals surface area contributed by atoms with Gasteiger partial charge in [-0.05, 0) is 31.0 Å². The normalized spacial score (nSPS) is 10.0. The molecule has 2 N–H and O–H groups in total. The fourth-order valence-corrected chi connectivity index (χ4v) is 1.85. The van der Waals surface area contributed by atoms with Crippen molar-refractivity contribution in [2.45, 2.75) is 25.7 Å². The Hall–Kier alpha value is -2.08. The molecule has 0 aliphatic rings. The summed E-state index contributed by atoms with van der Waals surface area (Å²) in [6, 6.07) is 4.45. The van der Waals surface area contributed by atoms with Crippen molar-refractivity contribution in [3.8, 4) is 0 Å². The van der Waals surface area contributed by atoms with Crippen molar-refractivity contribution in [2.24, 2.45) is 0 Å². The van der Waals surface area contributed by atoms with Gasteiger partial charge in [0.1, 0.15) is 0 Å². The van der Waals surface area contributed by atoms with Gasteiger partial charge >= 0.3 is 11.9 Å². The molecule has 1 aromatic carbocycles. The number of hydrogen-bond donors (Lipinski definition) is 2. The number of nitrogens with one attached hydrogen (secondary N) is 1. The average Bonchev–Trinajstić information content (AvgIpc) is 2.43. The molecule has 0 atom stereocenters. The second-order valence-electron chi connectivity index (χ2n) is 4.33. The largest absolute Gasteiger partial charge is 0.481 e. The second-order valence-corrected chi connectivity index (χ2v) is 4.77. The molecule has 6 nitrogen and oxygen atoms in total. The standard InChI is InChI=1S/C14H16ClNO5/c1-21-14(20)10-7-6-9(15)8-11(10)16-12(17)4-2-3-5-13(18)19/h6-8H,2-5H2,1H3,(H,16,17)(H,18,19). The zero-order chi connectivity index (χ0) is 15.8. The number of carbonyl (C=O) groups is 3. The molecule has 0 heterocycles. The lowest BCUT2D eigenvalue weighted by Crippen LogP contribution is -2.15. The summed E-state index contributed by atoms with van der Waals surface area (Å²) >= 11 is 5.84. The van der Waals surface area contributed by atoms with Crippen LogP contribution in [-0.2, 0) is 14.3 Å². The van der Waals surface area contributed by atoms with E-state index in [0.717, 1.165) is 0 Å². The van der Waals surface area contributed by atoms with E-state index in [4.69, 9.17) is 16.7 Å². The summed E-state index contributed by atoms with van der Waals surface area (Å²) in [4.78, 5) is 33.7. The highest BCUT2D eigenvalue weighted by Gasteiger charge is 2.14. The molecule has 0 saturated carbocycles. The maximum absolute atomic E-state index is 11.8.